The fraction of sp³-hybridized carbons (Fsp3) is 0.333. The van der Waals surface area contributed by atoms with E-state index in [9.17, 15) is 5.11 Å². The minimum Gasteiger partial charge on any atom is -0.454 e. The van der Waals surface area contributed by atoms with Crippen LogP contribution in [0, 0.1) is 0 Å². The molecule has 21 heavy (non-hydrogen) atoms. The molecule has 0 aromatic heterocycles. The Morgan fingerprint density at radius 2 is 1.76 bits per heavy atom. The van der Waals surface area contributed by atoms with Crippen molar-refractivity contribution in [1.82, 2.24) is 0 Å². The average Bonchev–Trinajstić information content (AvgIpc) is 3.00. The third-order valence-electron chi connectivity index (χ3n) is 3.82. The van der Waals surface area contributed by atoms with Crippen LogP contribution in [0.2, 0.25) is 0 Å². The van der Waals surface area contributed by atoms with Gasteiger partial charge in [0, 0.05) is 0 Å². The molecule has 0 radical (unpaired) electrons. The number of hydrogen-bond acceptors (Lipinski definition) is 3. The molecule has 3 rings (SSSR count). The lowest BCUT2D eigenvalue weighted by Gasteiger charge is -2.11. The zero-order valence-corrected chi connectivity index (χ0v) is 12.0. The Morgan fingerprint density at radius 1 is 0.952 bits per heavy atom. The first-order valence-electron chi connectivity index (χ1n) is 7.44. The van der Waals surface area contributed by atoms with Crippen molar-refractivity contribution < 1.29 is 14.6 Å². The number of aryl methyl sites for hydroxylation is 1. The molecule has 0 spiro atoms. The average molecular weight is 284 g/mol. The van der Waals surface area contributed by atoms with E-state index in [-0.39, 0.29) is 6.79 Å². The zero-order chi connectivity index (χ0) is 14.5. The van der Waals surface area contributed by atoms with Crippen LogP contribution in [0.5, 0.6) is 11.5 Å². The molecular formula is C18H20O3. The standard InChI is InChI=1S/C18H20O3/c19-16(9-5-4-8-14-6-2-1-3-7-14)15-10-11-17-18(12-15)21-13-20-17/h1-3,6-7,10-12,16,19H,4-5,8-9,13H2. The van der Waals surface area contributed by atoms with E-state index in [0.29, 0.717) is 0 Å². The molecule has 110 valence electrons. The number of hydrogen-bond donors (Lipinski definition) is 1. The molecular weight excluding hydrogens is 264 g/mol. The molecule has 0 saturated heterocycles. The molecule has 1 atom stereocenters. The number of benzene rings is 2. The van der Waals surface area contributed by atoms with Gasteiger partial charge in [0.2, 0.25) is 6.79 Å². The molecule has 0 bridgehead atoms. The first-order valence-corrected chi connectivity index (χ1v) is 7.44. The van der Waals surface area contributed by atoms with Gasteiger partial charge in [0.25, 0.3) is 0 Å². The van der Waals surface area contributed by atoms with Crippen LogP contribution in [0.4, 0.5) is 0 Å². The van der Waals surface area contributed by atoms with E-state index >= 15 is 0 Å². The quantitative estimate of drug-likeness (QED) is 0.819. The van der Waals surface area contributed by atoms with Crippen LogP contribution in [-0.2, 0) is 6.42 Å². The minimum absolute atomic E-state index is 0.270. The van der Waals surface area contributed by atoms with Gasteiger partial charge in [0.1, 0.15) is 0 Å². The van der Waals surface area contributed by atoms with Crippen molar-refractivity contribution in [3.8, 4) is 11.5 Å². The van der Waals surface area contributed by atoms with E-state index in [2.05, 4.69) is 24.3 Å². The Morgan fingerprint density at radius 3 is 2.62 bits per heavy atom. The Labute approximate surface area is 125 Å². The highest BCUT2D eigenvalue weighted by Crippen LogP contribution is 2.35. The third-order valence-corrected chi connectivity index (χ3v) is 3.82. The number of aliphatic hydroxyl groups excluding tert-OH is 1. The Hall–Kier alpha value is -2.00. The monoisotopic (exact) mass is 284 g/mol. The molecule has 1 unspecified atom stereocenters. The summed E-state index contributed by atoms with van der Waals surface area (Å²) in [6, 6.07) is 16.1. The number of aliphatic hydroxyl groups is 1. The molecule has 2 aromatic rings. The molecule has 0 saturated carbocycles. The van der Waals surface area contributed by atoms with Crippen molar-refractivity contribution in [2.24, 2.45) is 0 Å². The first-order chi connectivity index (χ1) is 10.3. The number of fused-ring (bicyclic) bond motifs is 1. The van der Waals surface area contributed by atoms with E-state index in [1.165, 1.54) is 5.56 Å². The molecule has 1 heterocycles. The lowest BCUT2D eigenvalue weighted by molar-refractivity contribution is 0.162. The predicted molar refractivity (Wildman–Crippen MR) is 81.5 cm³/mol. The summed E-state index contributed by atoms with van der Waals surface area (Å²) in [7, 11) is 0. The van der Waals surface area contributed by atoms with Crippen molar-refractivity contribution in [2.75, 3.05) is 6.79 Å². The summed E-state index contributed by atoms with van der Waals surface area (Å²) in [6.45, 7) is 0.270. The van der Waals surface area contributed by atoms with E-state index in [4.69, 9.17) is 9.47 Å². The van der Waals surface area contributed by atoms with Gasteiger partial charge < -0.3 is 14.6 Å². The smallest absolute Gasteiger partial charge is 0.231 e. The summed E-state index contributed by atoms with van der Waals surface area (Å²) in [4.78, 5) is 0. The molecule has 0 amide bonds. The van der Waals surface area contributed by atoms with Gasteiger partial charge in [-0.15, -0.1) is 0 Å². The highest BCUT2D eigenvalue weighted by atomic mass is 16.7. The van der Waals surface area contributed by atoms with Crippen molar-refractivity contribution in [2.45, 2.75) is 31.8 Å². The Kier molecular flexibility index (Phi) is 4.41. The van der Waals surface area contributed by atoms with Crippen molar-refractivity contribution >= 4 is 0 Å². The largest absolute Gasteiger partial charge is 0.454 e. The predicted octanol–water partition coefficient (Wildman–Crippen LogP) is 3.86. The van der Waals surface area contributed by atoms with Gasteiger partial charge in [0.15, 0.2) is 11.5 Å². The van der Waals surface area contributed by atoms with Crippen molar-refractivity contribution in [3.05, 3.63) is 59.7 Å². The minimum atomic E-state index is -0.435. The fourth-order valence-corrected chi connectivity index (χ4v) is 2.60. The van der Waals surface area contributed by atoms with Gasteiger partial charge in [-0.25, -0.2) is 0 Å². The Bertz CT molecular complexity index is 580. The summed E-state index contributed by atoms with van der Waals surface area (Å²) in [5.41, 5.74) is 2.26. The van der Waals surface area contributed by atoms with Crippen LogP contribution in [0.15, 0.2) is 48.5 Å². The van der Waals surface area contributed by atoms with Gasteiger partial charge in [-0.2, -0.15) is 0 Å². The summed E-state index contributed by atoms with van der Waals surface area (Å²) in [5.74, 6) is 1.49. The van der Waals surface area contributed by atoms with Gasteiger partial charge in [-0.05, 0) is 42.5 Å². The highest BCUT2D eigenvalue weighted by molar-refractivity contribution is 5.45. The maximum atomic E-state index is 10.3. The van der Waals surface area contributed by atoms with Gasteiger partial charge >= 0.3 is 0 Å². The van der Waals surface area contributed by atoms with Crippen LogP contribution in [0.25, 0.3) is 0 Å². The van der Waals surface area contributed by atoms with Gasteiger partial charge in [-0.3, -0.25) is 0 Å². The SMILES string of the molecule is OC(CCCCc1ccccc1)c1ccc2c(c1)OCO2. The van der Waals surface area contributed by atoms with E-state index in [1.54, 1.807) is 0 Å². The molecule has 1 aliphatic rings. The van der Waals surface area contributed by atoms with Gasteiger partial charge in [-0.1, -0.05) is 42.8 Å². The normalized spacial score (nSPS) is 14.1. The number of unbranched alkanes of at least 4 members (excludes halogenated alkanes) is 1. The summed E-state index contributed by atoms with van der Waals surface area (Å²) in [6.07, 6.45) is 3.49. The lowest BCUT2D eigenvalue weighted by atomic mass is 10.0. The van der Waals surface area contributed by atoms with Crippen LogP contribution >= 0.6 is 0 Å². The second-order valence-corrected chi connectivity index (χ2v) is 5.36. The van der Waals surface area contributed by atoms with E-state index in [1.807, 2.05) is 24.3 Å². The molecule has 3 nitrogen and oxygen atoms in total. The summed E-state index contributed by atoms with van der Waals surface area (Å²) < 4.78 is 10.6. The molecule has 3 heteroatoms. The third kappa shape index (κ3) is 3.56. The summed E-state index contributed by atoms with van der Waals surface area (Å²) in [5, 5.41) is 10.3. The maximum absolute atomic E-state index is 10.3. The first kappa shape index (κ1) is 14.0. The van der Waals surface area contributed by atoms with E-state index in [0.717, 1.165) is 42.7 Å². The molecule has 1 N–H and O–H groups in total. The second kappa shape index (κ2) is 6.64. The van der Waals surface area contributed by atoms with Crippen molar-refractivity contribution in [3.63, 3.8) is 0 Å². The second-order valence-electron chi connectivity index (χ2n) is 5.36. The number of rotatable bonds is 6. The fourth-order valence-electron chi connectivity index (χ4n) is 2.60. The Balaban J connectivity index is 1.47. The van der Waals surface area contributed by atoms with Crippen LogP contribution in [0.1, 0.15) is 36.5 Å². The van der Waals surface area contributed by atoms with Crippen LogP contribution in [0.3, 0.4) is 0 Å². The topological polar surface area (TPSA) is 38.7 Å². The van der Waals surface area contributed by atoms with Crippen LogP contribution in [-0.4, -0.2) is 11.9 Å². The van der Waals surface area contributed by atoms with E-state index < -0.39 is 6.10 Å². The molecule has 2 aromatic carbocycles. The molecule has 0 aliphatic carbocycles. The molecule has 1 aliphatic heterocycles. The maximum Gasteiger partial charge on any atom is 0.231 e. The van der Waals surface area contributed by atoms with Gasteiger partial charge in [0.05, 0.1) is 6.10 Å². The number of ether oxygens (including phenoxy) is 2. The van der Waals surface area contributed by atoms with Crippen LogP contribution < -0.4 is 9.47 Å². The highest BCUT2D eigenvalue weighted by Gasteiger charge is 2.16. The molecule has 0 fully saturated rings. The van der Waals surface area contributed by atoms with Crippen molar-refractivity contribution in [1.29, 1.82) is 0 Å². The summed E-state index contributed by atoms with van der Waals surface area (Å²) >= 11 is 0. The zero-order valence-electron chi connectivity index (χ0n) is 12.0. The lowest BCUT2D eigenvalue weighted by Crippen LogP contribution is -1.98.